The van der Waals surface area contributed by atoms with E-state index < -0.39 is 17.3 Å². The zero-order valence-corrected chi connectivity index (χ0v) is 9.76. The summed E-state index contributed by atoms with van der Waals surface area (Å²) >= 11 is 3.08. The first kappa shape index (κ1) is 11.1. The first-order valence-electron chi connectivity index (χ1n) is 4.59. The molecule has 2 aromatic rings. The predicted octanol–water partition coefficient (Wildman–Crippen LogP) is 3.98. The van der Waals surface area contributed by atoms with Crippen LogP contribution in [0.15, 0.2) is 40.9 Å². The van der Waals surface area contributed by atoms with Crippen LogP contribution in [-0.2, 0) is 0 Å². The summed E-state index contributed by atoms with van der Waals surface area (Å²) in [4.78, 5) is 0. The standard InChI is InChI=1S/C12H8BrF2N/c13-10-8(7-4-2-1-3-5-7)6-9(14)12(16)11(10)15/h1-6H,16H2. The van der Waals surface area contributed by atoms with E-state index in [0.717, 1.165) is 5.56 Å². The van der Waals surface area contributed by atoms with Crippen molar-refractivity contribution in [1.82, 2.24) is 0 Å². The van der Waals surface area contributed by atoms with Crippen LogP contribution < -0.4 is 5.73 Å². The summed E-state index contributed by atoms with van der Waals surface area (Å²) in [5, 5.41) is 0. The maximum absolute atomic E-state index is 13.5. The smallest absolute Gasteiger partial charge is 0.163 e. The average molecular weight is 284 g/mol. The lowest BCUT2D eigenvalue weighted by Crippen LogP contribution is -1.98. The second-order valence-electron chi connectivity index (χ2n) is 3.31. The number of hydrogen-bond acceptors (Lipinski definition) is 1. The van der Waals surface area contributed by atoms with Gasteiger partial charge in [0, 0.05) is 5.56 Å². The molecule has 1 nitrogen and oxygen atoms in total. The normalized spacial score (nSPS) is 10.4. The Morgan fingerprint density at radius 3 is 2.31 bits per heavy atom. The highest BCUT2D eigenvalue weighted by atomic mass is 79.9. The molecular formula is C12H8BrF2N. The summed E-state index contributed by atoms with van der Waals surface area (Å²) in [5.74, 6) is -1.52. The lowest BCUT2D eigenvalue weighted by molar-refractivity contribution is 0.588. The van der Waals surface area contributed by atoms with Crippen molar-refractivity contribution in [3.63, 3.8) is 0 Å². The zero-order valence-electron chi connectivity index (χ0n) is 8.18. The van der Waals surface area contributed by atoms with E-state index in [-0.39, 0.29) is 4.47 Å². The monoisotopic (exact) mass is 283 g/mol. The van der Waals surface area contributed by atoms with Gasteiger partial charge in [-0.1, -0.05) is 30.3 Å². The molecule has 0 aromatic heterocycles. The molecule has 2 aromatic carbocycles. The lowest BCUT2D eigenvalue weighted by atomic mass is 10.0. The first-order chi connectivity index (χ1) is 7.61. The number of rotatable bonds is 1. The molecule has 2 rings (SSSR count). The van der Waals surface area contributed by atoms with E-state index in [4.69, 9.17) is 5.73 Å². The Bertz CT molecular complexity index is 526. The van der Waals surface area contributed by atoms with Gasteiger partial charge in [0.05, 0.1) is 4.47 Å². The molecule has 0 amide bonds. The Morgan fingerprint density at radius 2 is 1.69 bits per heavy atom. The minimum atomic E-state index is -0.765. The van der Waals surface area contributed by atoms with Crippen LogP contribution in [0.4, 0.5) is 14.5 Å². The van der Waals surface area contributed by atoms with Gasteiger partial charge in [0.1, 0.15) is 11.5 Å². The van der Waals surface area contributed by atoms with E-state index in [9.17, 15) is 8.78 Å². The van der Waals surface area contributed by atoms with Gasteiger partial charge < -0.3 is 5.73 Å². The molecule has 4 heteroatoms. The Balaban J connectivity index is 2.68. The molecular weight excluding hydrogens is 276 g/mol. The van der Waals surface area contributed by atoms with E-state index in [1.165, 1.54) is 6.07 Å². The molecule has 0 aliphatic rings. The van der Waals surface area contributed by atoms with Crippen LogP contribution in [-0.4, -0.2) is 0 Å². The Kier molecular flexibility index (Phi) is 2.92. The van der Waals surface area contributed by atoms with Crippen molar-refractivity contribution in [2.45, 2.75) is 0 Å². The van der Waals surface area contributed by atoms with Crippen molar-refractivity contribution in [3.05, 3.63) is 52.5 Å². The quantitative estimate of drug-likeness (QED) is 0.622. The molecule has 0 aliphatic heterocycles. The van der Waals surface area contributed by atoms with Gasteiger partial charge in [0.15, 0.2) is 5.82 Å². The third-order valence-electron chi connectivity index (χ3n) is 2.28. The van der Waals surface area contributed by atoms with Crippen LogP contribution in [0.5, 0.6) is 0 Å². The molecule has 0 aliphatic carbocycles. The van der Waals surface area contributed by atoms with Crippen LogP contribution in [0, 0.1) is 11.6 Å². The third-order valence-corrected chi connectivity index (χ3v) is 3.05. The molecule has 0 radical (unpaired) electrons. The summed E-state index contributed by atoms with van der Waals surface area (Å²) in [6, 6.07) is 10.2. The van der Waals surface area contributed by atoms with Crippen molar-refractivity contribution in [2.24, 2.45) is 0 Å². The fourth-order valence-electron chi connectivity index (χ4n) is 1.44. The fraction of sp³-hybridized carbons (Fsp3) is 0. The molecule has 2 N–H and O–H groups in total. The summed E-state index contributed by atoms with van der Waals surface area (Å²) < 4.78 is 27.0. The van der Waals surface area contributed by atoms with Crippen molar-refractivity contribution in [3.8, 4) is 11.1 Å². The molecule has 0 unspecified atom stereocenters. The van der Waals surface area contributed by atoms with Crippen LogP contribution >= 0.6 is 15.9 Å². The van der Waals surface area contributed by atoms with Gasteiger partial charge in [0.25, 0.3) is 0 Å². The maximum atomic E-state index is 13.5. The van der Waals surface area contributed by atoms with Crippen LogP contribution in [0.25, 0.3) is 11.1 Å². The van der Waals surface area contributed by atoms with Gasteiger partial charge in [-0.3, -0.25) is 0 Å². The van der Waals surface area contributed by atoms with Crippen LogP contribution in [0.1, 0.15) is 0 Å². The van der Waals surface area contributed by atoms with E-state index in [1.807, 2.05) is 6.07 Å². The molecule has 0 saturated heterocycles. The Labute approximate surface area is 100 Å². The second-order valence-corrected chi connectivity index (χ2v) is 4.11. The highest BCUT2D eigenvalue weighted by molar-refractivity contribution is 9.10. The summed E-state index contributed by atoms with van der Waals surface area (Å²) in [6.45, 7) is 0. The topological polar surface area (TPSA) is 26.0 Å². The fourth-order valence-corrected chi connectivity index (χ4v) is 1.99. The molecule has 16 heavy (non-hydrogen) atoms. The van der Waals surface area contributed by atoms with E-state index in [0.29, 0.717) is 5.56 Å². The van der Waals surface area contributed by atoms with Gasteiger partial charge in [-0.2, -0.15) is 0 Å². The van der Waals surface area contributed by atoms with E-state index >= 15 is 0 Å². The number of nitrogen functional groups attached to an aromatic ring is 1. The van der Waals surface area contributed by atoms with Crippen molar-refractivity contribution in [2.75, 3.05) is 5.73 Å². The Morgan fingerprint density at radius 1 is 1.06 bits per heavy atom. The molecule has 0 saturated carbocycles. The molecule has 82 valence electrons. The maximum Gasteiger partial charge on any atom is 0.163 e. The summed E-state index contributed by atoms with van der Waals surface area (Å²) in [7, 11) is 0. The average Bonchev–Trinajstić information content (AvgIpc) is 2.32. The highest BCUT2D eigenvalue weighted by Crippen LogP contribution is 2.34. The molecule has 0 spiro atoms. The second kappa shape index (κ2) is 4.22. The van der Waals surface area contributed by atoms with Crippen molar-refractivity contribution >= 4 is 21.6 Å². The summed E-state index contributed by atoms with van der Waals surface area (Å²) in [6.07, 6.45) is 0. The highest BCUT2D eigenvalue weighted by Gasteiger charge is 2.15. The van der Waals surface area contributed by atoms with Crippen LogP contribution in [0.2, 0.25) is 0 Å². The zero-order chi connectivity index (χ0) is 11.7. The number of nitrogens with two attached hydrogens (primary N) is 1. The number of halogens is 3. The van der Waals surface area contributed by atoms with Crippen LogP contribution in [0.3, 0.4) is 0 Å². The van der Waals surface area contributed by atoms with Gasteiger partial charge >= 0.3 is 0 Å². The van der Waals surface area contributed by atoms with Gasteiger partial charge in [-0.15, -0.1) is 0 Å². The lowest BCUT2D eigenvalue weighted by Gasteiger charge is -2.08. The molecule has 0 atom stereocenters. The first-order valence-corrected chi connectivity index (χ1v) is 5.39. The van der Waals surface area contributed by atoms with Gasteiger partial charge in [-0.05, 0) is 27.6 Å². The molecule has 0 heterocycles. The number of hydrogen-bond donors (Lipinski definition) is 1. The van der Waals surface area contributed by atoms with Crippen molar-refractivity contribution < 1.29 is 8.78 Å². The van der Waals surface area contributed by atoms with Gasteiger partial charge in [0.2, 0.25) is 0 Å². The van der Waals surface area contributed by atoms with E-state index in [1.54, 1.807) is 24.3 Å². The Hall–Kier alpha value is -1.42. The SMILES string of the molecule is Nc1c(F)cc(-c2ccccc2)c(Br)c1F. The largest absolute Gasteiger partial charge is 0.394 e. The minimum Gasteiger partial charge on any atom is -0.394 e. The predicted molar refractivity (Wildman–Crippen MR) is 63.9 cm³/mol. The van der Waals surface area contributed by atoms with Crippen molar-refractivity contribution in [1.29, 1.82) is 0 Å². The number of anilines is 1. The van der Waals surface area contributed by atoms with Gasteiger partial charge in [-0.25, -0.2) is 8.78 Å². The minimum absolute atomic E-state index is 0.178. The number of benzene rings is 2. The summed E-state index contributed by atoms with van der Waals surface area (Å²) in [5.41, 5.74) is 5.96. The molecule has 0 fully saturated rings. The molecule has 0 bridgehead atoms. The third kappa shape index (κ3) is 1.80. The van der Waals surface area contributed by atoms with E-state index in [2.05, 4.69) is 15.9 Å².